The van der Waals surface area contributed by atoms with Crippen LogP contribution in [-0.4, -0.2) is 43.2 Å². The molecular weight excluding hydrogens is 437 g/mol. The molecule has 1 fully saturated rings. The van der Waals surface area contributed by atoms with Gasteiger partial charge in [-0.15, -0.1) is 0 Å². The molecule has 3 aromatic carbocycles. The maximum absolute atomic E-state index is 12.8. The second-order valence-electron chi connectivity index (χ2n) is 9.78. The Labute approximate surface area is 208 Å². The van der Waals surface area contributed by atoms with E-state index >= 15 is 0 Å². The van der Waals surface area contributed by atoms with Gasteiger partial charge < -0.3 is 14.0 Å². The highest BCUT2D eigenvalue weighted by Crippen LogP contribution is 2.36. The third kappa shape index (κ3) is 5.55. The summed E-state index contributed by atoms with van der Waals surface area (Å²) in [6.45, 7) is 8.16. The van der Waals surface area contributed by atoms with Crippen molar-refractivity contribution in [3.05, 3.63) is 102 Å². The maximum atomic E-state index is 12.8. The summed E-state index contributed by atoms with van der Waals surface area (Å²) < 4.78 is 17.4. The number of aliphatic imine (C=N–C) groups is 1. The van der Waals surface area contributed by atoms with E-state index in [9.17, 15) is 4.79 Å². The van der Waals surface area contributed by atoms with Crippen molar-refractivity contribution in [3.63, 3.8) is 0 Å². The van der Waals surface area contributed by atoms with Crippen molar-refractivity contribution in [2.75, 3.05) is 7.11 Å². The quantitative estimate of drug-likeness (QED) is 0.288. The van der Waals surface area contributed by atoms with E-state index in [0.717, 1.165) is 27.9 Å². The predicted octanol–water partition coefficient (Wildman–Crippen LogP) is 4.61. The molecule has 5 nitrogen and oxygen atoms in total. The summed E-state index contributed by atoms with van der Waals surface area (Å²) in [5.41, 5.74) is 3.78. The number of rotatable bonds is 7. The Kier molecular flexibility index (Phi) is 7.24. The van der Waals surface area contributed by atoms with Crippen molar-refractivity contribution in [1.29, 1.82) is 0 Å². The first-order valence-corrected chi connectivity index (χ1v) is 11.9. The summed E-state index contributed by atoms with van der Waals surface area (Å²) in [4.78, 5) is 17.7. The Balaban J connectivity index is 1.61. The van der Waals surface area contributed by atoms with Gasteiger partial charge in [0.15, 0.2) is 6.04 Å². The second-order valence-corrected chi connectivity index (χ2v) is 9.78. The SMILES string of the molecule is COC(=O)C(Cc1ccc(B2OC(C)(C)C(C)(C)O2)cc1)N=C(c1ccccc1)c1ccccc1. The molecule has 0 bridgehead atoms. The van der Waals surface area contributed by atoms with E-state index in [1.165, 1.54) is 7.11 Å². The van der Waals surface area contributed by atoms with Crippen LogP contribution in [0.4, 0.5) is 0 Å². The van der Waals surface area contributed by atoms with E-state index in [-0.39, 0.29) is 5.97 Å². The first-order valence-electron chi connectivity index (χ1n) is 11.9. The Morgan fingerprint density at radius 3 is 1.77 bits per heavy atom. The minimum atomic E-state index is -0.682. The topological polar surface area (TPSA) is 57.1 Å². The zero-order valence-electron chi connectivity index (χ0n) is 21.0. The monoisotopic (exact) mass is 469 g/mol. The summed E-state index contributed by atoms with van der Waals surface area (Å²) in [6, 6.07) is 27.1. The Bertz CT molecular complexity index is 1120. The van der Waals surface area contributed by atoms with Gasteiger partial charge in [-0.25, -0.2) is 4.79 Å². The third-order valence-corrected chi connectivity index (χ3v) is 6.79. The van der Waals surface area contributed by atoms with Crippen LogP contribution in [0.3, 0.4) is 0 Å². The van der Waals surface area contributed by atoms with Crippen LogP contribution in [0.5, 0.6) is 0 Å². The summed E-state index contributed by atoms with van der Waals surface area (Å²) in [5.74, 6) is -0.371. The molecule has 1 atom stereocenters. The van der Waals surface area contributed by atoms with Gasteiger partial charge in [-0.2, -0.15) is 0 Å². The Morgan fingerprint density at radius 2 is 1.31 bits per heavy atom. The van der Waals surface area contributed by atoms with Gasteiger partial charge in [-0.1, -0.05) is 84.9 Å². The van der Waals surface area contributed by atoms with E-state index in [1.54, 1.807) is 0 Å². The zero-order valence-corrected chi connectivity index (χ0v) is 21.0. The van der Waals surface area contributed by atoms with Crippen molar-refractivity contribution in [2.45, 2.75) is 51.4 Å². The number of esters is 1. The van der Waals surface area contributed by atoms with Crippen LogP contribution < -0.4 is 5.46 Å². The van der Waals surface area contributed by atoms with Gasteiger partial charge >= 0.3 is 13.1 Å². The number of methoxy groups -OCH3 is 1. The largest absolute Gasteiger partial charge is 0.494 e. The third-order valence-electron chi connectivity index (χ3n) is 6.79. The lowest BCUT2D eigenvalue weighted by molar-refractivity contribution is -0.142. The minimum absolute atomic E-state index is 0.371. The molecule has 180 valence electrons. The smallest absolute Gasteiger partial charge is 0.467 e. The van der Waals surface area contributed by atoms with Gasteiger partial charge in [0.05, 0.1) is 24.0 Å². The normalized spacial score (nSPS) is 17.0. The number of hydrogen-bond donors (Lipinski definition) is 0. The fourth-order valence-corrected chi connectivity index (χ4v) is 3.99. The number of hydrogen-bond acceptors (Lipinski definition) is 5. The van der Waals surface area contributed by atoms with Crippen molar-refractivity contribution in [2.24, 2.45) is 4.99 Å². The molecule has 1 unspecified atom stereocenters. The van der Waals surface area contributed by atoms with Crippen LogP contribution in [0, 0.1) is 0 Å². The molecule has 0 radical (unpaired) electrons. The molecule has 1 saturated heterocycles. The molecule has 1 aliphatic rings. The lowest BCUT2D eigenvalue weighted by Crippen LogP contribution is -2.41. The highest BCUT2D eigenvalue weighted by Gasteiger charge is 2.51. The van der Waals surface area contributed by atoms with E-state index < -0.39 is 24.4 Å². The van der Waals surface area contributed by atoms with Crippen LogP contribution in [0.15, 0.2) is 89.9 Å². The van der Waals surface area contributed by atoms with E-state index in [4.69, 9.17) is 19.0 Å². The van der Waals surface area contributed by atoms with Gasteiger partial charge in [0.25, 0.3) is 0 Å². The van der Waals surface area contributed by atoms with Gasteiger partial charge in [-0.05, 0) is 38.7 Å². The molecule has 6 heteroatoms. The summed E-state index contributed by atoms with van der Waals surface area (Å²) >= 11 is 0. The molecule has 35 heavy (non-hydrogen) atoms. The fraction of sp³-hybridized carbons (Fsp3) is 0.310. The van der Waals surface area contributed by atoms with Crippen molar-refractivity contribution >= 4 is 24.3 Å². The van der Waals surface area contributed by atoms with E-state index in [0.29, 0.717) is 6.42 Å². The van der Waals surface area contributed by atoms with Crippen molar-refractivity contribution in [3.8, 4) is 0 Å². The molecule has 0 amide bonds. The molecule has 0 aromatic heterocycles. The molecule has 0 N–H and O–H groups in total. The standard InChI is InChI=1S/C29H32BNO4/c1-28(2)29(3,4)35-30(34-28)24-18-16-21(17-19-24)20-25(27(32)33-5)31-26(22-12-8-6-9-13-22)23-14-10-7-11-15-23/h6-19,25H,20H2,1-5H3. The van der Waals surface area contributed by atoms with E-state index in [2.05, 4.69) is 0 Å². The van der Waals surface area contributed by atoms with Gasteiger partial charge in [0.2, 0.25) is 0 Å². The van der Waals surface area contributed by atoms with Crippen molar-refractivity contribution < 1.29 is 18.8 Å². The molecule has 4 rings (SSSR count). The van der Waals surface area contributed by atoms with E-state index in [1.807, 2.05) is 113 Å². The molecule has 1 aliphatic heterocycles. The van der Waals surface area contributed by atoms with Gasteiger partial charge in [0, 0.05) is 17.5 Å². The summed E-state index contributed by atoms with van der Waals surface area (Å²) in [5, 5.41) is 0. The molecule has 0 saturated carbocycles. The van der Waals surface area contributed by atoms with Crippen LogP contribution in [0.1, 0.15) is 44.4 Å². The lowest BCUT2D eigenvalue weighted by Gasteiger charge is -2.32. The lowest BCUT2D eigenvalue weighted by atomic mass is 9.78. The average molecular weight is 469 g/mol. The highest BCUT2D eigenvalue weighted by molar-refractivity contribution is 6.62. The van der Waals surface area contributed by atoms with Crippen molar-refractivity contribution in [1.82, 2.24) is 0 Å². The molecule has 0 aliphatic carbocycles. The fourth-order valence-electron chi connectivity index (χ4n) is 3.99. The molecule has 1 heterocycles. The number of ether oxygens (including phenoxy) is 1. The highest BCUT2D eigenvalue weighted by atomic mass is 16.7. The number of carbonyl (C=O) groups excluding carboxylic acids is 1. The van der Waals surface area contributed by atoms with Crippen LogP contribution in [0.2, 0.25) is 0 Å². The first-order chi connectivity index (χ1) is 16.7. The van der Waals surface area contributed by atoms with Gasteiger partial charge in [-0.3, -0.25) is 4.99 Å². The zero-order chi connectivity index (χ0) is 25.1. The number of benzene rings is 3. The minimum Gasteiger partial charge on any atom is -0.467 e. The van der Waals surface area contributed by atoms with Crippen LogP contribution in [0.25, 0.3) is 0 Å². The summed E-state index contributed by atoms with van der Waals surface area (Å²) in [6.07, 6.45) is 0.416. The van der Waals surface area contributed by atoms with Gasteiger partial charge in [0.1, 0.15) is 0 Å². The average Bonchev–Trinajstić information content (AvgIpc) is 3.09. The Hall–Kier alpha value is -3.22. The first kappa shape index (κ1) is 24.9. The molecule has 3 aromatic rings. The molecular formula is C29H32BNO4. The second kappa shape index (κ2) is 10.2. The Morgan fingerprint density at radius 1 is 0.829 bits per heavy atom. The van der Waals surface area contributed by atoms with Crippen LogP contribution >= 0.6 is 0 Å². The maximum Gasteiger partial charge on any atom is 0.494 e. The molecule has 0 spiro atoms. The van der Waals surface area contributed by atoms with Crippen LogP contribution in [-0.2, 0) is 25.3 Å². The number of carbonyl (C=O) groups is 1. The predicted molar refractivity (Wildman–Crippen MR) is 140 cm³/mol. The number of nitrogens with zero attached hydrogens (tertiary/aromatic N) is 1. The summed E-state index contributed by atoms with van der Waals surface area (Å²) in [7, 11) is 0.975.